The van der Waals surface area contributed by atoms with Crippen molar-refractivity contribution in [3.8, 4) is 34.1 Å². The highest BCUT2D eigenvalue weighted by atomic mass is 35.5. The summed E-state index contributed by atoms with van der Waals surface area (Å²) in [6.07, 6.45) is -7.05. The molecule has 2 aliphatic rings. The van der Waals surface area contributed by atoms with E-state index >= 15 is 0 Å². The van der Waals surface area contributed by atoms with Gasteiger partial charge in [-0.25, -0.2) is 9.78 Å². The number of hydrogen-bond acceptors (Lipinski definition) is 11. The van der Waals surface area contributed by atoms with E-state index in [1.807, 2.05) is 0 Å². The number of aromatic amines is 1. The number of aliphatic hydroxyl groups excluding tert-OH is 1. The second kappa shape index (κ2) is 13.9. The molecular formula is C31H28ClF3N4O9. The zero-order valence-corrected chi connectivity index (χ0v) is 25.6. The third-order valence-electron chi connectivity index (χ3n) is 7.60. The molecule has 17 heteroatoms. The van der Waals surface area contributed by atoms with Crippen LogP contribution in [0.5, 0.6) is 11.8 Å². The fourth-order valence-electron chi connectivity index (χ4n) is 5.28. The Bertz CT molecular complexity index is 1800. The van der Waals surface area contributed by atoms with Crippen molar-refractivity contribution in [3.05, 3.63) is 59.1 Å². The van der Waals surface area contributed by atoms with Crippen molar-refractivity contribution in [2.75, 3.05) is 39.6 Å². The molecule has 48 heavy (non-hydrogen) atoms. The number of halogens is 4. The number of benzene rings is 2. The van der Waals surface area contributed by atoms with Gasteiger partial charge < -0.3 is 44.2 Å². The summed E-state index contributed by atoms with van der Waals surface area (Å²) in [4.78, 5) is 35.2. The van der Waals surface area contributed by atoms with E-state index < -0.39 is 49.1 Å². The molecule has 2 aromatic carbocycles. The van der Waals surface area contributed by atoms with Crippen molar-refractivity contribution in [1.82, 2.24) is 20.3 Å². The van der Waals surface area contributed by atoms with Gasteiger partial charge in [-0.1, -0.05) is 35.9 Å². The number of H-pyrrole nitrogens is 1. The molecule has 0 saturated carbocycles. The van der Waals surface area contributed by atoms with E-state index in [0.29, 0.717) is 38.6 Å². The number of alkyl halides is 3. The van der Waals surface area contributed by atoms with Crippen molar-refractivity contribution in [2.45, 2.75) is 30.6 Å². The largest absolute Gasteiger partial charge is 0.507 e. The maximum atomic E-state index is 12.5. The van der Waals surface area contributed by atoms with Crippen molar-refractivity contribution in [3.63, 3.8) is 0 Å². The standard InChI is InChI=1S/C31H28ClF3N4O9/c32-19-12-20-27(39-30(37-20)48-23-14-47-25-22(41)13-46-26(23)25)38-24(19)16-3-1-15(2-4-16)18-6-5-17(11-21(18)40)28(42)36-7-8-44-9-10-45-29(43)31(33,34)35/h1-6,11-12,22-23,25-26,40-41H,7-10,13-14H2,(H,36,42)(H,37,38,39)/t22-,23-,25-,26-/m1/s1. The Hall–Kier alpha value is -4.48. The van der Waals surface area contributed by atoms with E-state index in [0.717, 1.165) is 0 Å². The van der Waals surface area contributed by atoms with Gasteiger partial charge in [0.2, 0.25) is 0 Å². The molecule has 4 N–H and O–H groups in total. The molecule has 4 atom stereocenters. The molecule has 2 saturated heterocycles. The second-order valence-corrected chi connectivity index (χ2v) is 11.3. The molecule has 2 aromatic heterocycles. The first-order valence-corrected chi connectivity index (χ1v) is 15.0. The van der Waals surface area contributed by atoms with Crippen LogP contribution >= 0.6 is 11.6 Å². The van der Waals surface area contributed by atoms with Gasteiger partial charge in [-0.05, 0) is 29.8 Å². The number of rotatable bonds is 11. The number of pyridine rings is 1. The van der Waals surface area contributed by atoms with Crippen LogP contribution in [0.25, 0.3) is 33.5 Å². The van der Waals surface area contributed by atoms with E-state index in [2.05, 4.69) is 25.0 Å². The topological polar surface area (TPSA) is 174 Å². The number of hydrogen-bond donors (Lipinski definition) is 4. The number of nitrogens with one attached hydrogen (secondary N) is 2. The fourth-order valence-corrected chi connectivity index (χ4v) is 5.54. The predicted molar refractivity (Wildman–Crippen MR) is 162 cm³/mol. The number of nitrogens with zero attached hydrogens (tertiary/aromatic N) is 2. The summed E-state index contributed by atoms with van der Waals surface area (Å²) in [5.74, 6) is -2.95. The number of fused-ring (bicyclic) bond motifs is 2. The molecule has 0 bridgehead atoms. The van der Waals surface area contributed by atoms with E-state index in [1.165, 1.54) is 12.1 Å². The summed E-state index contributed by atoms with van der Waals surface area (Å²) in [5, 5.41) is 23.6. The highest BCUT2D eigenvalue weighted by Crippen LogP contribution is 2.35. The molecule has 13 nitrogen and oxygen atoms in total. The minimum absolute atomic E-state index is 0.0291. The van der Waals surface area contributed by atoms with Crippen LogP contribution in [0.4, 0.5) is 13.2 Å². The van der Waals surface area contributed by atoms with E-state index in [-0.39, 0.29) is 50.3 Å². The van der Waals surface area contributed by atoms with Crippen LogP contribution in [0.1, 0.15) is 10.4 Å². The molecule has 0 aliphatic carbocycles. The lowest BCUT2D eigenvalue weighted by Gasteiger charge is -2.15. The summed E-state index contributed by atoms with van der Waals surface area (Å²) < 4.78 is 62.5. The lowest BCUT2D eigenvalue weighted by molar-refractivity contribution is -0.200. The van der Waals surface area contributed by atoms with Gasteiger partial charge in [-0.3, -0.25) is 4.79 Å². The monoisotopic (exact) mass is 692 g/mol. The number of aromatic hydroxyl groups is 1. The molecular weight excluding hydrogens is 665 g/mol. The molecule has 0 radical (unpaired) electrons. The van der Waals surface area contributed by atoms with Crippen molar-refractivity contribution >= 4 is 34.6 Å². The number of ether oxygens (including phenoxy) is 5. The van der Waals surface area contributed by atoms with E-state index in [9.17, 15) is 33.0 Å². The van der Waals surface area contributed by atoms with Gasteiger partial charge in [0.15, 0.2) is 11.8 Å². The van der Waals surface area contributed by atoms with Gasteiger partial charge in [0, 0.05) is 23.2 Å². The third-order valence-corrected chi connectivity index (χ3v) is 7.89. The Morgan fingerprint density at radius 3 is 2.50 bits per heavy atom. The number of aliphatic hydroxyl groups is 1. The summed E-state index contributed by atoms with van der Waals surface area (Å²) in [6, 6.07) is 13.4. The average molecular weight is 693 g/mol. The number of phenols is 1. The quantitative estimate of drug-likeness (QED) is 0.134. The van der Waals surface area contributed by atoms with Gasteiger partial charge >= 0.3 is 12.1 Å². The summed E-state index contributed by atoms with van der Waals surface area (Å²) >= 11 is 6.57. The number of amides is 1. The van der Waals surface area contributed by atoms with Crippen molar-refractivity contribution in [2.24, 2.45) is 0 Å². The number of carbonyl (C=O) groups is 2. The van der Waals surface area contributed by atoms with Crippen LogP contribution in [0.2, 0.25) is 5.02 Å². The zero-order valence-electron chi connectivity index (χ0n) is 24.8. The lowest BCUT2D eigenvalue weighted by atomic mass is 10.00. The molecule has 4 aromatic rings. The lowest BCUT2D eigenvalue weighted by Crippen LogP contribution is -2.34. The molecule has 254 valence electrons. The summed E-state index contributed by atoms with van der Waals surface area (Å²) in [5.41, 5.74) is 3.40. The van der Waals surface area contributed by atoms with Crippen LogP contribution in [-0.2, 0) is 23.7 Å². The Morgan fingerprint density at radius 1 is 1.00 bits per heavy atom. The first-order valence-electron chi connectivity index (χ1n) is 14.7. The zero-order chi connectivity index (χ0) is 34.0. The van der Waals surface area contributed by atoms with Gasteiger partial charge in [-0.15, -0.1) is 0 Å². The Labute approximate surface area is 274 Å². The Balaban J connectivity index is 1.04. The second-order valence-electron chi connectivity index (χ2n) is 10.9. The summed E-state index contributed by atoms with van der Waals surface area (Å²) in [6.45, 7) is -0.432. The Morgan fingerprint density at radius 2 is 1.75 bits per heavy atom. The van der Waals surface area contributed by atoms with Crippen LogP contribution < -0.4 is 10.1 Å². The number of carbonyl (C=O) groups excluding carboxylic acids is 2. The van der Waals surface area contributed by atoms with Crippen LogP contribution in [0, 0.1) is 0 Å². The fraction of sp³-hybridized carbons (Fsp3) is 0.355. The maximum absolute atomic E-state index is 12.5. The van der Waals surface area contributed by atoms with E-state index in [1.54, 1.807) is 36.4 Å². The van der Waals surface area contributed by atoms with E-state index in [4.69, 9.17) is 30.5 Å². The molecule has 0 unspecified atom stereocenters. The van der Waals surface area contributed by atoms with Crippen LogP contribution in [0.3, 0.4) is 0 Å². The number of imidazole rings is 1. The van der Waals surface area contributed by atoms with Gasteiger partial charge in [-0.2, -0.15) is 18.2 Å². The first-order chi connectivity index (χ1) is 23.0. The molecule has 0 spiro atoms. The molecule has 4 heterocycles. The highest BCUT2D eigenvalue weighted by molar-refractivity contribution is 6.33. The number of phenolic OH excluding ortho intramolecular Hbond substituents is 1. The molecule has 6 rings (SSSR count). The maximum Gasteiger partial charge on any atom is 0.490 e. The molecule has 2 fully saturated rings. The van der Waals surface area contributed by atoms with Crippen LogP contribution in [-0.4, -0.2) is 107 Å². The smallest absolute Gasteiger partial charge is 0.490 e. The molecule has 1 amide bonds. The highest BCUT2D eigenvalue weighted by Gasteiger charge is 2.48. The summed E-state index contributed by atoms with van der Waals surface area (Å²) in [7, 11) is 0. The SMILES string of the molecule is O=C(NCCOCCOC(=O)C(F)(F)F)c1ccc(-c2ccc(-c3nc4nc(O[C@@H]5CO[C@H]6[C@@H]5OC[C@H]6O)[nH]c4cc3Cl)cc2)c(O)c1. The normalized spacial score (nSPS) is 20.5. The van der Waals surface area contributed by atoms with Gasteiger partial charge in [0.05, 0.1) is 42.7 Å². The number of aromatic nitrogens is 3. The van der Waals surface area contributed by atoms with Gasteiger partial charge in [0.25, 0.3) is 11.9 Å². The minimum atomic E-state index is -5.07. The average Bonchev–Trinajstić information content (AvgIpc) is 3.75. The molecule has 2 aliphatic heterocycles. The third kappa shape index (κ3) is 7.32. The predicted octanol–water partition coefficient (Wildman–Crippen LogP) is 3.41. The van der Waals surface area contributed by atoms with Crippen molar-refractivity contribution < 1.29 is 56.7 Å². The minimum Gasteiger partial charge on any atom is -0.507 e. The van der Waals surface area contributed by atoms with Crippen LogP contribution in [0.15, 0.2) is 48.5 Å². The first kappa shape index (κ1) is 33.4. The Kier molecular flexibility index (Phi) is 9.70. The van der Waals surface area contributed by atoms with Gasteiger partial charge in [0.1, 0.15) is 30.7 Å². The van der Waals surface area contributed by atoms with Crippen molar-refractivity contribution in [1.29, 1.82) is 0 Å². The number of esters is 1.